The fourth-order valence-electron chi connectivity index (χ4n) is 2.61. The molecule has 128 valence electrons. The van der Waals surface area contributed by atoms with Crippen LogP contribution < -0.4 is 0 Å². The van der Waals surface area contributed by atoms with Crippen molar-refractivity contribution in [2.75, 3.05) is 7.11 Å². The topological polar surface area (TPSA) is 44.1 Å². The second kappa shape index (κ2) is 7.11. The molecule has 0 aliphatic rings. The van der Waals surface area contributed by atoms with Crippen LogP contribution >= 0.6 is 11.6 Å². The van der Waals surface area contributed by atoms with Gasteiger partial charge in [-0.15, -0.1) is 0 Å². The lowest BCUT2D eigenvalue weighted by Crippen LogP contribution is -2.07. The van der Waals surface area contributed by atoms with Gasteiger partial charge in [0.1, 0.15) is 0 Å². The molecule has 0 saturated heterocycles. The SMILES string of the molecule is COC(=O)c1cc(-c2ccc(C)cc2)n(Cc2ccc(C)c(Cl)c2)n1. The third kappa shape index (κ3) is 3.74. The molecule has 0 unspecified atom stereocenters. The van der Waals surface area contributed by atoms with Crippen LogP contribution in [0.15, 0.2) is 48.5 Å². The lowest BCUT2D eigenvalue weighted by molar-refractivity contribution is 0.0593. The van der Waals surface area contributed by atoms with Crippen LogP contribution in [0.5, 0.6) is 0 Å². The number of methoxy groups -OCH3 is 1. The monoisotopic (exact) mass is 354 g/mol. The van der Waals surface area contributed by atoms with Crippen molar-refractivity contribution in [2.24, 2.45) is 0 Å². The van der Waals surface area contributed by atoms with Crippen LogP contribution in [0.4, 0.5) is 0 Å². The van der Waals surface area contributed by atoms with Crippen molar-refractivity contribution in [3.63, 3.8) is 0 Å². The molecule has 25 heavy (non-hydrogen) atoms. The average molecular weight is 355 g/mol. The third-order valence-electron chi connectivity index (χ3n) is 4.09. The molecular formula is C20H19ClN2O2. The first-order valence-corrected chi connectivity index (χ1v) is 8.34. The Kier molecular flexibility index (Phi) is 4.91. The molecule has 4 nitrogen and oxygen atoms in total. The number of esters is 1. The molecule has 0 aliphatic heterocycles. The fourth-order valence-corrected chi connectivity index (χ4v) is 2.81. The van der Waals surface area contributed by atoms with E-state index in [9.17, 15) is 4.79 Å². The second-order valence-corrected chi connectivity index (χ2v) is 6.42. The first kappa shape index (κ1) is 17.2. The highest BCUT2D eigenvalue weighted by Gasteiger charge is 2.16. The summed E-state index contributed by atoms with van der Waals surface area (Å²) in [5.41, 5.74) is 5.36. The van der Waals surface area contributed by atoms with Gasteiger partial charge in [-0.2, -0.15) is 5.10 Å². The summed E-state index contributed by atoms with van der Waals surface area (Å²) in [5.74, 6) is -0.450. The Bertz CT molecular complexity index is 914. The Morgan fingerprint density at radius 1 is 1.12 bits per heavy atom. The van der Waals surface area contributed by atoms with E-state index in [0.29, 0.717) is 6.54 Å². The van der Waals surface area contributed by atoms with Gasteiger partial charge in [-0.3, -0.25) is 4.68 Å². The minimum Gasteiger partial charge on any atom is -0.464 e. The van der Waals surface area contributed by atoms with Crippen LogP contribution in [0.1, 0.15) is 27.2 Å². The van der Waals surface area contributed by atoms with E-state index in [-0.39, 0.29) is 5.69 Å². The highest BCUT2D eigenvalue weighted by atomic mass is 35.5. The molecule has 0 saturated carbocycles. The zero-order chi connectivity index (χ0) is 18.0. The first-order valence-electron chi connectivity index (χ1n) is 7.96. The number of aromatic nitrogens is 2. The molecule has 0 fully saturated rings. The Labute approximate surface area is 152 Å². The number of halogens is 1. The summed E-state index contributed by atoms with van der Waals surface area (Å²) in [4.78, 5) is 11.9. The molecule has 0 spiro atoms. The molecule has 3 aromatic rings. The summed E-state index contributed by atoms with van der Waals surface area (Å²) < 4.78 is 6.61. The second-order valence-electron chi connectivity index (χ2n) is 6.01. The number of hydrogen-bond donors (Lipinski definition) is 0. The number of hydrogen-bond acceptors (Lipinski definition) is 3. The minimum atomic E-state index is -0.450. The Morgan fingerprint density at radius 3 is 2.48 bits per heavy atom. The van der Waals surface area contributed by atoms with Gasteiger partial charge >= 0.3 is 5.97 Å². The largest absolute Gasteiger partial charge is 0.464 e. The van der Waals surface area contributed by atoms with Gasteiger partial charge in [0.2, 0.25) is 0 Å². The lowest BCUT2D eigenvalue weighted by atomic mass is 10.1. The molecule has 0 atom stereocenters. The summed E-state index contributed by atoms with van der Waals surface area (Å²) in [7, 11) is 1.35. The molecule has 1 heterocycles. The van der Waals surface area contributed by atoms with E-state index in [1.165, 1.54) is 12.7 Å². The third-order valence-corrected chi connectivity index (χ3v) is 4.50. The van der Waals surface area contributed by atoms with E-state index in [1.807, 2.05) is 56.3 Å². The summed E-state index contributed by atoms with van der Waals surface area (Å²) >= 11 is 6.23. The standard InChI is InChI=1S/C20H19ClN2O2/c1-13-4-8-16(9-5-13)19-11-18(20(24)25-3)22-23(19)12-15-7-6-14(2)17(21)10-15/h4-11H,12H2,1-3H3. The van der Waals surface area contributed by atoms with Crippen molar-refractivity contribution < 1.29 is 9.53 Å². The predicted molar refractivity (Wildman–Crippen MR) is 99.0 cm³/mol. The van der Waals surface area contributed by atoms with Gasteiger partial charge in [-0.05, 0) is 42.7 Å². The molecular weight excluding hydrogens is 336 g/mol. The van der Waals surface area contributed by atoms with E-state index in [1.54, 1.807) is 10.7 Å². The molecule has 1 aromatic heterocycles. The Morgan fingerprint density at radius 2 is 1.84 bits per heavy atom. The number of carbonyl (C=O) groups excluding carboxylic acids is 1. The van der Waals surface area contributed by atoms with Crippen molar-refractivity contribution in [1.82, 2.24) is 9.78 Å². The van der Waals surface area contributed by atoms with Crippen molar-refractivity contribution >= 4 is 17.6 Å². The Hall–Kier alpha value is -2.59. The summed E-state index contributed by atoms with van der Waals surface area (Å²) in [6.07, 6.45) is 0. The van der Waals surface area contributed by atoms with Crippen molar-refractivity contribution in [2.45, 2.75) is 20.4 Å². The van der Waals surface area contributed by atoms with Crippen LogP contribution in [-0.4, -0.2) is 22.9 Å². The first-order chi connectivity index (χ1) is 12.0. The smallest absolute Gasteiger partial charge is 0.358 e. The van der Waals surface area contributed by atoms with E-state index in [2.05, 4.69) is 5.10 Å². The zero-order valence-electron chi connectivity index (χ0n) is 14.4. The van der Waals surface area contributed by atoms with Gasteiger partial charge in [0, 0.05) is 5.02 Å². The van der Waals surface area contributed by atoms with Gasteiger partial charge < -0.3 is 4.74 Å². The van der Waals surface area contributed by atoms with Gasteiger partial charge in [-0.1, -0.05) is 53.6 Å². The summed E-state index contributed by atoms with van der Waals surface area (Å²) in [5, 5.41) is 5.14. The number of rotatable bonds is 4. The number of aryl methyl sites for hydroxylation is 2. The fraction of sp³-hybridized carbons (Fsp3) is 0.200. The van der Waals surface area contributed by atoms with E-state index >= 15 is 0 Å². The molecule has 0 amide bonds. The van der Waals surface area contributed by atoms with Crippen LogP contribution in [0, 0.1) is 13.8 Å². The van der Waals surface area contributed by atoms with Crippen molar-refractivity contribution in [3.05, 3.63) is 75.9 Å². The molecule has 2 aromatic carbocycles. The quantitative estimate of drug-likeness (QED) is 0.640. The summed E-state index contributed by atoms with van der Waals surface area (Å²) in [6, 6.07) is 15.8. The van der Waals surface area contributed by atoms with E-state index in [0.717, 1.165) is 27.4 Å². The van der Waals surface area contributed by atoms with Crippen LogP contribution in [0.2, 0.25) is 5.02 Å². The maximum absolute atomic E-state index is 11.9. The zero-order valence-corrected chi connectivity index (χ0v) is 15.2. The average Bonchev–Trinajstić information content (AvgIpc) is 3.02. The minimum absolute atomic E-state index is 0.288. The van der Waals surface area contributed by atoms with E-state index < -0.39 is 5.97 Å². The number of nitrogens with zero attached hydrogens (tertiary/aromatic N) is 2. The summed E-state index contributed by atoms with van der Waals surface area (Å²) in [6.45, 7) is 4.52. The van der Waals surface area contributed by atoms with Gasteiger partial charge in [0.25, 0.3) is 0 Å². The van der Waals surface area contributed by atoms with E-state index in [4.69, 9.17) is 16.3 Å². The highest BCUT2D eigenvalue weighted by molar-refractivity contribution is 6.31. The number of carbonyl (C=O) groups is 1. The predicted octanol–water partition coefficient (Wildman–Crippen LogP) is 4.66. The van der Waals surface area contributed by atoms with Crippen LogP contribution in [0.3, 0.4) is 0 Å². The molecule has 0 N–H and O–H groups in total. The molecule has 5 heteroatoms. The van der Waals surface area contributed by atoms with Crippen molar-refractivity contribution in [3.8, 4) is 11.3 Å². The molecule has 0 radical (unpaired) electrons. The maximum Gasteiger partial charge on any atom is 0.358 e. The molecule has 0 bridgehead atoms. The number of benzene rings is 2. The van der Waals surface area contributed by atoms with Crippen LogP contribution in [-0.2, 0) is 11.3 Å². The normalized spacial score (nSPS) is 10.7. The van der Waals surface area contributed by atoms with Gasteiger partial charge in [0.05, 0.1) is 19.3 Å². The highest BCUT2D eigenvalue weighted by Crippen LogP contribution is 2.24. The molecule has 3 rings (SSSR count). The van der Waals surface area contributed by atoms with Gasteiger partial charge in [-0.25, -0.2) is 4.79 Å². The van der Waals surface area contributed by atoms with Crippen LogP contribution in [0.25, 0.3) is 11.3 Å². The molecule has 0 aliphatic carbocycles. The van der Waals surface area contributed by atoms with Crippen molar-refractivity contribution in [1.29, 1.82) is 0 Å². The Balaban J connectivity index is 2.03. The van der Waals surface area contributed by atoms with Gasteiger partial charge in [0.15, 0.2) is 5.69 Å². The lowest BCUT2D eigenvalue weighted by Gasteiger charge is -2.09. The maximum atomic E-state index is 11.9. The number of ether oxygens (including phenoxy) is 1.